The molecule has 1 amide bonds. The first kappa shape index (κ1) is 12.1. The maximum atomic E-state index is 12.7. The highest BCUT2D eigenvalue weighted by Crippen LogP contribution is 2.23. The van der Waals surface area contributed by atoms with Crippen molar-refractivity contribution < 1.29 is 13.9 Å². The molecule has 6 heteroatoms. The zero-order valence-electron chi connectivity index (χ0n) is 9.98. The van der Waals surface area contributed by atoms with Gasteiger partial charge in [0.25, 0.3) is 5.91 Å². The monoisotopic (exact) mass is 278 g/mol. The third-order valence-corrected chi connectivity index (χ3v) is 3.84. The van der Waals surface area contributed by atoms with Crippen LogP contribution in [0.25, 0.3) is 0 Å². The highest BCUT2D eigenvalue weighted by molar-refractivity contribution is 7.13. The molecule has 0 fully saturated rings. The van der Waals surface area contributed by atoms with E-state index in [2.05, 4.69) is 10.3 Å². The smallest absolute Gasteiger partial charge is 0.263 e. The van der Waals surface area contributed by atoms with Crippen LogP contribution in [-0.2, 0) is 13.0 Å². The van der Waals surface area contributed by atoms with Crippen LogP contribution in [0.15, 0.2) is 24.3 Å². The van der Waals surface area contributed by atoms with Gasteiger partial charge in [-0.2, -0.15) is 0 Å². The summed E-state index contributed by atoms with van der Waals surface area (Å²) in [5.74, 6) is 0.222. The zero-order chi connectivity index (χ0) is 13.2. The Morgan fingerprint density at radius 1 is 1.37 bits per heavy atom. The Morgan fingerprint density at radius 2 is 2.16 bits per heavy atom. The van der Waals surface area contributed by atoms with Gasteiger partial charge in [-0.3, -0.25) is 4.79 Å². The molecule has 1 aliphatic rings. The molecular weight excluding hydrogens is 267 g/mol. The standard InChI is InChI=1S/C13H11FN2O2S/c14-8-1-3-9(4-2-8)18-7-11-16-10-5-6-15-13(17)12(10)19-11/h1-4H,5-7H2,(H,15,17). The third-order valence-electron chi connectivity index (χ3n) is 2.77. The van der Waals surface area contributed by atoms with E-state index in [1.165, 1.54) is 23.5 Å². The van der Waals surface area contributed by atoms with E-state index in [0.717, 1.165) is 17.1 Å². The minimum atomic E-state index is -0.297. The van der Waals surface area contributed by atoms with E-state index in [9.17, 15) is 9.18 Å². The third kappa shape index (κ3) is 2.58. The van der Waals surface area contributed by atoms with Crippen LogP contribution in [0.1, 0.15) is 20.4 Å². The fraction of sp³-hybridized carbons (Fsp3) is 0.231. The highest BCUT2D eigenvalue weighted by atomic mass is 32.1. The predicted octanol–water partition coefficient (Wildman–Crippen LogP) is 2.15. The van der Waals surface area contributed by atoms with E-state index < -0.39 is 0 Å². The Balaban J connectivity index is 1.70. The molecule has 0 saturated heterocycles. The summed E-state index contributed by atoms with van der Waals surface area (Å²) in [6, 6.07) is 5.82. The van der Waals surface area contributed by atoms with Gasteiger partial charge in [0.15, 0.2) is 0 Å². The molecule has 19 heavy (non-hydrogen) atoms. The zero-order valence-corrected chi connectivity index (χ0v) is 10.8. The first-order valence-electron chi connectivity index (χ1n) is 5.87. The van der Waals surface area contributed by atoms with E-state index in [1.54, 1.807) is 12.1 Å². The second-order valence-corrected chi connectivity index (χ2v) is 5.22. The van der Waals surface area contributed by atoms with Crippen molar-refractivity contribution in [3.05, 3.63) is 45.7 Å². The SMILES string of the molecule is O=C1NCCc2nc(COc3ccc(F)cc3)sc21. The average molecular weight is 278 g/mol. The average Bonchev–Trinajstić information content (AvgIpc) is 2.83. The minimum absolute atomic E-state index is 0.0632. The van der Waals surface area contributed by atoms with Gasteiger partial charge in [0, 0.05) is 13.0 Å². The number of halogens is 1. The summed E-state index contributed by atoms with van der Waals surface area (Å²) in [5.41, 5.74) is 0.839. The lowest BCUT2D eigenvalue weighted by atomic mass is 10.2. The minimum Gasteiger partial charge on any atom is -0.486 e. The molecule has 98 valence electrons. The number of hydrogen-bond acceptors (Lipinski definition) is 4. The van der Waals surface area contributed by atoms with E-state index in [0.29, 0.717) is 17.2 Å². The number of nitrogens with zero attached hydrogens (tertiary/aromatic N) is 1. The van der Waals surface area contributed by atoms with Crippen molar-refractivity contribution in [3.8, 4) is 5.75 Å². The molecule has 2 heterocycles. The van der Waals surface area contributed by atoms with Gasteiger partial charge in [-0.1, -0.05) is 0 Å². The number of rotatable bonds is 3. The molecule has 0 aliphatic carbocycles. The molecule has 3 rings (SSSR count). The largest absolute Gasteiger partial charge is 0.486 e. The molecule has 1 N–H and O–H groups in total. The molecule has 0 atom stereocenters. The van der Waals surface area contributed by atoms with E-state index in [1.807, 2.05) is 0 Å². The maximum Gasteiger partial charge on any atom is 0.263 e. The van der Waals surface area contributed by atoms with Crippen molar-refractivity contribution >= 4 is 17.2 Å². The Labute approximate surface area is 113 Å². The summed E-state index contributed by atoms with van der Waals surface area (Å²) < 4.78 is 18.2. The molecule has 0 bridgehead atoms. The molecule has 1 aliphatic heterocycles. The maximum absolute atomic E-state index is 12.7. The van der Waals surface area contributed by atoms with Gasteiger partial charge in [-0.25, -0.2) is 9.37 Å². The van der Waals surface area contributed by atoms with Crippen molar-refractivity contribution in [2.45, 2.75) is 13.0 Å². The highest BCUT2D eigenvalue weighted by Gasteiger charge is 2.21. The number of carbonyl (C=O) groups is 1. The summed E-state index contributed by atoms with van der Waals surface area (Å²) in [5, 5.41) is 3.54. The van der Waals surface area contributed by atoms with Gasteiger partial charge < -0.3 is 10.1 Å². The van der Waals surface area contributed by atoms with E-state index in [4.69, 9.17) is 4.74 Å². The Morgan fingerprint density at radius 3 is 2.89 bits per heavy atom. The van der Waals surface area contributed by atoms with Gasteiger partial charge in [-0.15, -0.1) is 11.3 Å². The molecule has 0 saturated carbocycles. The van der Waals surface area contributed by atoms with Crippen LogP contribution in [0.5, 0.6) is 5.75 Å². The number of fused-ring (bicyclic) bond motifs is 1. The summed E-state index contributed by atoms with van der Waals surface area (Å²) in [4.78, 5) is 16.7. The summed E-state index contributed by atoms with van der Waals surface area (Å²) in [6.45, 7) is 0.921. The summed E-state index contributed by atoms with van der Waals surface area (Å²) in [7, 11) is 0. The summed E-state index contributed by atoms with van der Waals surface area (Å²) >= 11 is 1.34. The number of amides is 1. The van der Waals surface area contributed by atoms with Crippen LogP contribution in [0.3, 0.4) is 0 Å². The number of hydrogen-bond donors (Lipinski definition) is 1. The van der Waals surface area contributed by atoms with Crippen LogP contribution in [-0.4, -0.2) is 17.4 Å². The van der Waals surface area contributed by atoms with Crippen molar-refractivity contribution in [3.63, 3.8) is 0 Å². The van der Waals surface area contributed by atoms with Crippen molar-refractivity contribution in [1.29, 1.82) is 0 Å². The number of nitrogens with one attached hydrogen (secondary N) is 1. The van der Waals surface area contributed by atoms with E-state index >= 15 is 0 Å². The Kier molecular flexibility index (Phi) is 3.16. The van der Waals surface area contributed by atoms with Gasteiger partial charge in [0.1, 0.15) is 28.1 Å². The van der Waals surface area contributed by atoms with Crippen molar-refractivity contribution in [2.24, 2.45) is 0 Å². The Hall–Kier alpha value is -1.95. The second-order valence-electron chi connectivity index (χ2n) is 4.13. The number of benzene rings is 1. The first-order chi connectivity index (χ1) is 9.22. The lowest BCUT2D eigenvalue weighted by Gasteiger charge is -2.09. The quantitative estimate of drug-likeness (QED) is 0.936. The lowest BCUT2D eigenvalue weighted by molar-refractivity contribution is 0.0950. The molecule has 0 spiro atoms. The summed E-state index contributed by atoms with van der Waals surface area (Å²) in [6.07, 6.45) is 0.758. The van der Waals surface area contributed by atoms with Gasteiger partial charge >= 0.3 is 0 Å². The van der Waals surface area contributed by atoms with Gasteiger partial charge in [0.05, 0.1) is 5.69 Å². The first-order valence-corrected chi connectivity index (χ1v) is 6.69. The van der Waals surface area contributed by atoms with Crippen molar-refractivity contribution in [2.75, 3.05) is 6.54 Å². The fourth-order valence-corrected chi connectivity index (χ4v) is 2.80. The van der Waals surface area contributed by atoms with Crippen LogP contribution in [0, 0.1) is 5.82 Å². The van der Waals surface area contributed by atoms with Gasteiger partial charge in [-0.05, 0) is 24.3 Å². The van der Waals surface area contributed by atoms with E-state index in [-0.39, 0.29) is 18.3 Å². The normalized spacial score (nSPS) is 13.8. The second kappa shape index (κ2) is 4.97. The fourth-order valence-electron chi connectivity index (χ4n) is 1.86. The molecule has 4 nitrogen and oxygen atoms in total. The number of carbonyl (C=O) groups excluding carboxylic acids is 1. The van der Waals surface area contributed by atoms with Crippen LogP contribution >= 0.6 is 11.3 Å². The topological polar surface area (TPSA) is 51.2 Å². The van der Waals surface area contributed by atoms with Crippen molar-refractivity contribution in [1.82, 2.24) is 10.3 Å². The number of aromatic nitrogens is 1. The molecular formula is C13H11FN2O2S. The Bertz CT molecular complexity index is 610. The van der Waals surface area contributed by atoms with Crippen LogP contribution in [0.4, 0.5) is 4.39 Å². The van der Waals surface area contributed by atoms with Crippen LogP contribution < -0.4 is 10.1 Å². The predicted molar refractivity (Wildman–Crippen MR) is 68.9 cm³/mol. The molecule has 2 aromatic rings. The molecule has 1 aromatic carbocycles. The number of thiazole rings is 1. The molecule has 0 unspecified atom stereocenters. The molecule has 0 radical (unpaired) electrons. The van der Waals surface area contributed by atoms with Crippen LogP contribution in [0.2, 0.25) is 0 Å². The van der Waals surface area contributed by atoms with Gasteiger partial charge in [0.2, 0.25) is 0 Å². The molecule has 1 aromatic heterocycles. The number of ether oxygens (including phenoxy) is 1. The lowest BCUT2D eigenvalue weighted by Crippen LogP contribution is -2.30.